The minimum absolute atomic E-state index is 0.0834. The summed E-state index contributed by atoms with van der Waals surface area (Å²) in [6.45, 7) is 3.83. The van der Waals surface area contributed by atoms with Crippen molar-refractivity contribution in [1.29, 1.82) is 0 Å². The van der Waals surface area contributed by atoms with Gasteiger partial charge in [-0.3, -0.25) is 9.59 Å². The lowest BCUT2D eigenvalue weighted by Crippen LogP contribution is -2.55. The highest BCUT2D eigenvalue weighted by Gasteiger charge is 2.43. The Hall–Kier alpha value is -2.13. The first kappa shape index (κ1) is 25.0. The van der Waals surface area contributed by atoms with Crippen LogP contribution in [0.15, 0.2) is 35.7 Å². The van der Waals surface area contributed by atoms with Gasteiger partial charge >= 0.3 is 0 Å². The van der Waals surface area contributed by atoms with Crippen molar-refractivity contribution in [1.82, 2.24) is 9.80 Å². The van der Waals surface area contributed by atoms with Crippen LogP contribution in [0, 0.1) is 0 Å². The molecule has 4 rings (SSSR count). The molecule has 0 aliphatic carbocycles. The Balaban J connectivity index is 1.53. The number of rotatable bonds is 6. The Bertz CT molecular complexity index is 1020. The lowest BCUT2D eigenvalue weighted by atomic mass is 9.90. The number of hydrogen-bond acceptors (Lipinski definition) is 5. The fourth-order valence-corrected chi connectivity index (χ4v) is 5.81. The predicted molar refractivity (Wildman–Crippen MR) is 132 cm³/mol. The first-order valence-electron chi connectivity index (χ1n) is 11.5. The van der Waals surface area contributed by atoms with Gasteiger partial charge < -0.3 is 14.5 Å². The van der Waals surface area contributed by atoms with Crippen LogP contribution in [0.4, 0.5) is 8.78 Å². The number of thioether (sulfide) groups is 1. The standard InChI is InChI=1S/C25H30F2N2O3S2/c1-17(33-2)7-8-21(30)28-12-10-25(11-13-28)16-29(15-18-5-3-4-6-20(18)32-25)24(31)22-19(23(26)27)9-14-34-22/h3-6,9,14,17,23H,7-8,10-13,15-16H2,1-2H3. The van der Waals surface area contributed by atoms with Gasteiger partial charge in [0.2, 0.25) is 5.91 Å². The van der Waals surface area contributed by atoms with Gasteiger partial charge in [0.05, 0.1) is 6.54 Å². The number of hydrogen-bond donors (Lipinski definition) is 0. The predicted octanol–water partition coefficient (Wildman–Crippen LogP) is 5.61. The molecule has 2 amide bonds. The Labute approximate surface area is 207 Å². The third-order valence-electron chi connectivity index (χ3n) is 6.75. The maximum absolute atomic E-state index is 13.5. The molecule has 34 heavy (non-hydrogen) atoms. The number of carbonyl (C=O) groups is 2. The van der Waals surface area contributed by atoms with E-state index in [4.69, 9.17) is 4.74 Å². The molecule has 2 aromatic rings. The number of amides is 2. The minimum Gasteiger partial charge on any atom is -0.485 e. The van der Waals surface area contributed by atoms with Gasteiger partial charge in [0.1, 0.15) is 16.2 Å². The summed E-state index contributed by atoms with van der Waals surface area (Å²) in [6.07, 6.45) is 1.90. The highest BCUT2D eigenvalue weighted by molar-refractivity contribution is 7.99. The van der Waals surface area contributed by atoms with Crippen LogP contribution in [0.3, 0.4) is 0 Å². The van der Waals surface area contributed by atoms with E-state index in [-0.39, 0.29) is 16.3 Å². The highest BCUT2D eigenvalue weighted by Crippen LogP contribution is 2.37. The number of nitrogens with zero attached hydrogens (tertiary/aromatic N) is 2. The zero-order valence-corrected chi connectivity index (χ0v) is 21.1. The maximum Gasteiger partial charge on any atom is 0.265 e. The average Bonchev–Trinajstić information content (AvgIpc) is 3.27. The SMILES string of the molecule is CSC(C)CCC(=O)N1CCC2(CC1)CN(C(=O)c1sccc1C(F)F)Cc1ccccc1O2. The molecule has 0 N–H and O–H groups in total. The molecule has 0 bridgehead atoms. The van der Waals surface area contributed by atoms with Crippen LogP contribution in [0.1, 0.15) is 59.8 Å². The molecule has 1 saturated heterocycles. The molecule has 0 radical (unpaired) electrons. The quantitative estimate of drug-likeness (QED) is 0.509. The fraction of sp³-hybridized carbons (Fsp3) is 0.520. The Morgan fingerprint density at radius 1 is 1.18 bits per heavy atom. The first-order valence-corrected chi connectivity index (χ1v) is 13.7. The molecule has 0 saturated carbocycles. The van der Waals surface area contributed by atoms with Crippen molar-refractivity contribution in [3.05, 3.63) is 51.7 Å². The molecule has 1 unspecified atom stereocenters. The zero-order valence-electron chi connectivity index (χ0n) is 19.5. The molecule has 2 aliphatic rings. The van der Waals surface area contributed by atoms with E-state index < -0.39 is 17.9 Å². The number of benzene rings is 1. The van der Waals surface area contributed by atoms with E-state index in [0.717, 1.165) is 23.3 Å². The summed E-state index contributed by atoms with van der Waals surface area (Å²) in [5.41, 5.74) is -0.0248. The zero-order chi connectivity index (χ0) is 24.3. The number of piperidine rings is 1. The van der Waals surface area contributed by atoms with E-state index in [2.05, 4.69) is 13.2 Å². The molecule has 1 atom stereocenters. The smallest absolute Gasteiger partial charge is 0.265 e. The van der Waals surface area contributed by atoms with Crippen molar-refractivity contribution < 1.29 is 23.1 Å². The van der Waals surface area contributed by atoms with Crippen molar-refractivity contribution >= 4 is 34.9 Å². The summed E-state index contributed by atoms with van der Waals surface area (Å²) in [4.78, 5) is 29.7. The van der Waals surface area contributed by atoms with E-state index in [9.17, 15) is 18.4 Å². The minimum atomic E-state index is -2.70. The summed E-state index contributed by atoms with van der Waals surface area (Å²) in [7, 11) is 0. The van der Waals surface area contributed by atoms with Gasteiger partial charge in [0, 0.05) is 55.3 Å². The second kappa shape index (κ2) is 10.6. The number of fused-ring (bicyclic) bond motifs is 1. The van der Waals surface area contributed by atoms with Crippen LogP contribution >= 0.6 is 23.1 Å². The van der Waals surface area contributed by atoms with Crippen molar-refractivity contribution in [3.8, 4) is 5.75 Å². The Morgan fingerprint density at radius 2 is 1.91 bits per heavy atom. The molecule has 3 heterocycles. The number of alkyl halides is 2. The van der Waals surface area contributed by atoms with Crippen LogP contribution in [0.5, 0.6) is 5.75 Å². The second-order valence-electron chi connectivity index (χ2n) is 9.03. The lowest BCUT2D eigenvalue weighted by Gasteiger charge is -2.42. The fourth-order valence-electron chi connectivity index (χ4n) is 4.59. The van der Waals surface area contributed by atoms with Gasteiger partial charge in [-0.1, -0.05) is 25.1 Å². The van der Waals surface area contributed by atoms with Gasteiger partial charge in [-0.25, -0.2) is 8.78 Å². The van der Waals surface area contributed by atoms with Crippen molar-refractivity contribution in [3.63, 3.8) is 0 Å². The Kier molecular flexibility index (Phi) is 7.82. The van der Waals surface area contributed by atoms with E-state index in [1.165, 1.54) is 11.4 Å². The largest absolute Gasteiger partial charge is 0.485 e. The molecule has 1 spiro atoms. The van der Waals surface area contributed by atoms with Crippen LogP contribution in [0.2, 0.25) is 0 Å². The topological polar surface area (TPSA) is 49.9 Å². The summed E-state index contributed by atoms with van der Waals surface area (Å²) < 4.78 is 33.5. The number of likely N-dealkylation sites (tertiary alicyclic amines) is 1. The van der Waals surface area contributed by atoms with Gasteiger partial charge in [0.25, 0.3) is 12.3 Å². The van der Waals surface area contributed by atoms with Crippen molar-refractivity contribution in [2.75, 3.05) is 25.9 Å². The maximum atomic E-state index is 13.5. The van der Waals surface area contributed by atoms with Crippen molar-refractivity contribution in [2.24, 2.45) is 0 Å². The van der Waals surface area contributed by atoms with Gasteiger partial charge in [-0.2, -0.15) is 11.8 Å². The van der Waals surface area contributed by atoms with E-state index >= 15 is 0 Å². The average molecular weight is 509 g/mol. The monoisotopic (exact) mass is 508 g/mol. The summed E-state index contributed by atoms with van der Waals surface area (Å²) in [5, 5.41) is 1.98. The van der Waals surface area contributed by atoms with E-state index in [0.29, 0.717) is 56.4 Å². The molecule has 1 fully saturated rings. The molecule has 5 nitrogen and oxygen atoms in total. The molecule has 1 aromatic carbocycles. The lowest BCUT2D eigenvalue weighted by molar-refractivity contribution is -0.135. The normalized spacial score (nSPS) is 18.4. The van der Waals surface area contributed by atoms with Crippen molar-refractivity contribution in [2.45, 2.75) is 56.4 Å². The number of halogens is 2. The van der Waals surface area contributed by atoms with Crippen LogP contribution in [0.25, 0.3) is 0 Å². The van der Waals surface area contributed by atoms with Gasteiger partial charge in [0.15, 0.2) is 0 Å². The number of carbonyl (C=O) groups excluding carboxylic acids is 2. The number of thiophene rings is 1. The Morgan fingerprint density at radius 3 is 2.62 bits per heavy atom. The molecule has 9 heteroatoms. The summed E-state index contributed by atoms with van der Waals surface area (Å²) >= 11 is 2.81. The van der Waals surface area contributed by atoms with Crippen LogP contribution in [-0.4, -0.2) is 58.4 Å². The molecular formula is C25H30F2N2O3S2. The number of para-hydroxylation sites is 1. The third-order valence-corrected chi connectivity index (χ3v) is 8.70. The highest BCUT2D eigenvalue weighted by atomic mass is 32.2. The third kappa shape index (κ3) is 5.40. The van der Waals surface area contributed by atoms with E-state index in [1.54, 1.807) is 16.7 Å². The summed E-state index contributed by atoms with van der Waals surface area (Å²) in [6, 6.07) is 8.90. The van der Waals surface area contributed by atoms with E-state index in [1.807, 2.05) is 29.2 Å². The molecule has 2 aliphatic heterocycles. The second-order valence-corrected chi connectivity index (χ2v) is 11.2. The van der Waals surface area contributed by atoms with Gasteiger partial charge in [-0.15, -0.1) is 11.3 Å². The van der Waals surface area contributed by atoms with Crippen LogP contribution in [-0.2, 0) is 11.3 Å². The number of ether oxygens (including phenoxy) is 1. The summed E-state index contributed by atoms with van der Waals surface area (Å²) in [5.74, 6) is 0.471. The van der Waals surface area contributed by atoms with Crippen LogP contribution < -0.4 is 4.74 Å². The molecule has 184 valence electrons. The first-order chi connectivity index (χ1) is 16.3. The molecule has 1 aromatic heterocycles. The molecular weight excluding hydrogens is 478 g/mol. The van der Waals surface area contributed by atoms with Gasteiger partial charge in [-0.05, 0) is 30.2 Å².